The fraction of sp³-hybridized carbons (Fsp3) is 0.545. The van der Waals surface area contributed by atoms with Crippen LogP contribution in [0.2, 0.25) is 5.02 Å². The van der Waals surface area contributed by atoms with Crippen LogP contribution in [0.5, 0.6) is 0 Å². The molecule has 4 nitrogen and oxygen atoms in total. The molecule has 0 N–H and O–H groups in total. The molecule has 1 aromatic heterocycles. The van der Waals surface area contributed by atoms with E-state index in [1.807, 2.05) is 24.3 Å². The molecule has 5 heteroatoms. The van der Waals surface area contributed by atoms with Crippen LogP contribution in [0.15, 0.2) is 36.4 Å². The van der Waals surface area contributed by atoms with E-state index in [9.17, 15) is 0 Å². The highest BCUT2D eigenvalue weighted by Crippen LogP contribution is 2.53. The Balaban J connectivity index is 1.14. The summed E-state index contributed by atoms with van der Waals surface area (Å²) in [4.78, 5) is 2.69. The average molecular weight is 384 g/mol. The lowest BCUT2D eigenvalue weighted by Gasteiger charge is -2.28. The number of piperidine rings is 1. The van der Waals surface area contributed by atoms with E-state index in [1.54, 1.807) is 0 Å². The Kier molecular flexibility index (Phi) is 4.89. The van der Waals surface area contributed by atoms with Crippen molar-refractivity contribution < 1.29 is 4.74 Å². The molecular weight excluding hydrogens is 358 g/mol. The molecule has 1 saturated carbocycles. The predicted molar refractivity (Wildman–Crippen MR) is 107 cm³/mol. The fourth-order valence-electron chi connectivity index (χ4n) is 5.01. The molecule has 27 heavy (non-hydrogen) atoms. The lowest BCUT2D eigenvalue weighted by molar-refractivity contribution is 0.0535. The van der Waals surface area contributed by atoms with Gasteiger partial charge in [0.2, 0.25) is 0 Å². The molecule has 5 rings (SSSR count). The van der Waals surface area contributed by atoms with Crippen LogP contribution in [0.3, 0.4) is 0 Å². The third-order valence-corrected chi connectivity index (χ3v) is 6.95. The summed E-state index contributed by atoms with van der Waals surface area (Å²) >= 11 is 6.26. The predicted octanol–water partition coefficient (Wildman–Crippen LogP) is 3.94. The van der Waals surface area contributed by atoms with E-state index < -0.39 is 0 Å². The molecule has 3 atom stereocenters. The van der Waals surface area contributed by atoms with Crippen LogP contribution in [0.4, 0.5) is 0 Å². The zero-order valence-corrected chi connectivity index (χ0v) is 16.3. The van der Waals surface area contributed by atoms with E-state index in [1.165, 1.54) is 32.5 Å². The van der Waals surface area contributed by atoms with E-state index >= 15 is 0 Å². The summed E-state index contributed by atoms with van der Waals surface area (Å²) in [5.41, 5.74) is 2.91. The first-order valence-corrected chi connectivity index (χ1v) is 10.5. The van der Waals surface area contributed by atoms with Gasteiger partial charge in [0, 0.05) is 38.4 Å². The van der Waals surface area contributed by atoms with Crippen molar-refractivity contribution in [2.24, 2.45) is 23.7 Å². The van der Waals surface area contributed by atoms with E-state index in [2.05, 4.69) is 27.2 Å². The summed E-state index contributed by atoms with van der Waals surface area (Å²) in [6, 6.07) is 12.0. The molecule has 3 heterocycles. The summed E-state index contributed by atoms with van der Waals surface area (Å²) in [6.07, 6.45) is 3.54. The molecule has 2 aromatic rings. The van der Waals surface area contributed by atoms with Gasteiger partial charge in [0.1, 0.15) is 0 Å². The summed E-state index contributed by atoms with van der Waals surface area (Å²) in [5.74, 6) is 3.39. The van der Waals surface area contributed by atoms with Gasteiger partial charge in [-0.05, 0) is 61.1 Å². The zero-order chi connectivity index (χ0) is 18.2. The monoisotopic (exact) mass is 383 g/mol. The maximum absolute atomic E-state index is 6.26. The standard InChI is InChI=1S/C22H26ClN3O/c23-21-4-2-1-3-17(21)22-6-5-16(24-25-22)11-18-19-13-26(14-20(18)19)12-15-7-9-27-10-8-15/h1-6,15,18-20H,7-14H2/t18?,19-,20+. The highest BCUT2D eigenvalue weighted by atomic mass is 35.5. The lowest BCUT2D eigenvalue weighted by atomic mass is 9.99. The number of nitrogens with zero attached hydrogens (tertiary/aromatic N) is 3. The molecular formula is C22H26ClN3O. The first-order valence-electron chi connectivity index (χ1n) is 10.2. The van der Waals surface area contributed by atoms with Gasteiger partial charge < -0.3 is 9.64 Å². The number of ether oxygens (including phenoxy) is 1. The summed E-state index contributed by atoms with van der Waals surface area (Å²) in [5, 5.41) is 9.62. The minimum absolute atomic E-state index is 0.723. The van der Waals surface area contributed by atoms with Gasteiger partial charge in [-0.15, -0.1) is 0 Å². The van der Waals surface area contributed by atoms with Crippen molar-refractivity contribution in [2.75, 3.05) is 32.8 Å². The number of fused-ring (bicyclic) bond motifs is 1. The Hall–Kier alpha value is -1.49. The van der Waals surface area contributed by atoms with E-state index in [4.69, 9.17) is 16.3 Å². The van der Waals surface area contributed by atoms with Crippen LogP contribution in [0, 0.1) is 23.7 Å². The van der Waals surface area contributed by atoms with Gasteiger partial charge in [-0.25, -0.2) is 0 Å². The van der Waals surface area contributed by atoms with Gasteiger partial charge >= 0.3 is 0 Å². The number of rotatable bonds is 5. The first kappa shape index (κ1) is 17.6. The molecule has 1 aromatic carbocycles. The van der Waals surface area contributed by atoms with E-state index in [-0.39, 0.29) is 0 Å². The minimum atomic E-state index is 0.723. The Morgan fingerprint density at radius 3 is 2.48 bits per heavy atom. The normalized spacial score (nSPS) is 28.3. The van der Waals surface area contributed by atoms with Gasteiger partial charge in [-0.3, -0.25) is 0 Å². The molecule has 3 aliphatic rings. The number of benzene rings is 1. The maximum atomic E-state index is 6.26. The Labute approximate surface area is 165 Å². The average Bonchev–Trinajstić information content (AvgIpc) is 3.14. The van der Waals surface area contributed by atoms with Gasteiger partial charge in [-0.1, -0.05) is 29.8 Å². The van der Waals surface area contributed by atoms with Crippen molar-refractivity contribution >= 4 is 11.6 Å². The fourth-order valence-corrected chi connectivity index (χ4v) is 5.24. The summed E-state index contributed by atoms with van der Waals surface area (Å²) < 4.78 is 5.48. The highest BCUT2D eigenvalue weighted by molar-refractivity contribution is 6.33. The zero-order valence-electron chi connectivity index (χ0n) is 15.6. The van der Waals surface area contributed by atoms with Crippen molar-refractivity contribution in [3.05, 3.63) is 47.1 Å². The van der Waals surface area contributed by atoms with Crippen LogP contribution in [0.25, 0.3) is 11.3 Å². The van der Waals surface area contributed by atoms with Crippen molar-refractivity contribution in [1.82, 2.24) is 15.1 Å². The molecule has 0 bridgehead atoms. The van der Waals surface area contributed by atoms with E-state index in [0.29, 0.717) is 0 Å². The van der Waals surface area contributed by atoms with E-state index in [0.717, 1.165) is 65.3 Å². The second-order valence-electron chi connectivity index (χ2n) is 8.36. The first-order chi connectivity index (χ1) is 13.3. The number of aromatic nitrogens is 2. The van der Waals surface area contributed by atoms with Crippen molar-refractivity contribution in [3.63, 3.8) is 0 Å². The van der Waals surface area contributed by atoms with Crippen LogP contribution in [-0.2, 0) is 11.2 Å². The highest BCUT2D eigenvalue weighted by Gasteiger charge is 2.55. The van der Waals surface area contributed by atoms with Crippen molar-refractivity contribution in [1.29, 1.82) is 0 Å². The smallest absolute Gasteiger partial charge is 0.0944 e. The molecule has 1 aliphatic carbocycles. The summed E-state index contributed by atoms with van der Waals surface area (Å²) in [6.45, 7) is 5.73. The van der Waals surface area contributed by atoms with Crippen LogP contribution >= 0.6 is 11.6 Å². The second kappa shape index (κ2) is 7.50. The molecule has 1 unspecified atom stereocenters. The molecule has 3 fully saturated rings. The quantitative estimate of drug-likeness (QED) is 0.783. The SMILES string of the molecule is Clc1ccccc1-c1ccc(CC2[C@H]3CN(CC4CCOCC4)C[C@@H]23)nn1. The van der Waals surface area contributed by atoms with Crippen LogP contribution in [-0.4, -0.2) is 47.9 Å². The molecule has 0 spiro atoms. The van der Waals surface area contributed by atoms with Crippen LogP contribution < -0.4 is 0 Å². The number of likely N-dealkylation sites (tertiary alicyclic amines) is 1. The van der Waals surface area contributed by atoms with Crippen LogP contribution in [0.1, 0.15) is 18.5 Å². The molecule has 142 valence electrons. The topological polar surface area (TPSA) is 38.2 Å². The largest absolute Gasteiger partial charge is 0.381 e. The van der Waals surface area contributed by atoms with Gasteiger partial charge in [0.15, 0.2) is 0 Å². The van der Waals surface area contributed by atoms with Gasteiger partial charge in [0.25, 0.3) is 0 Å². The number of halogens is 1. The van der Waals surface area contributed by atoms with Crippen molar-refractivity contribution in [2.45, 2.75) is 19.3 Å². The Bertz CT molecular complexity index is 778. The molecule has 0 radical (unpaired) electrons. The third-order valence-electron chi connectivity index (χ3n) is 6.62. The minimum Gasteiger partial charge on any atom is -0.381 e. The van der Waals surface area contributed by atoms with Gasteiger partial charge in [0.05, 0.1) is 16.4 Å². The molecule has 2 saturated heterocycles. The molecule has 0 amide bonds. The number of hydrogen-bond donors (Lipinski definition) is 0. The third kappa shape index (κ3) is 3.75. The maximum Gasteiger partial charge on any atom is 0.0944 e. The second-order valence-corrected chi connectivity index (χ2v) is 8.77. The summed E-state index contributed by atoms with van der Waals surface area (Å²) in [7, 11) is 0. The Morgan fingerprint density at radius 1 is 1.00 bits per heavy atom. The lowest BCUT2D eigenvalue weighted by Crippen LogP contribution is -2.33. The number of hydrogen-bond acceptors (Lipinski definition) is 4. The molecule has 2 aliphatic heterocycles. The Morgan fingerprint density at radius 2 is 1.78 bits per heavy atom. The van der Waals surface area contributed by atoms with Gasteiger partial charge in [-0.2, -0.15) is 10.2 Å². The van der Waals surface area contributed by atoms with Crippen molar-refractivity contribution in [3.8, 4) is 11.3 Å².